The van der Waals surface area contributed by atoms with Crippen molar-refractivity contribution in [3.8, 4) is 11.1 Å². The second kappa shape index (κ2) is 7.61. The summed E-state index contributed by atoms with van der Waals surface area (Å²) in [6, 6.07) is 37.7. The van der Waals surface area contributed by atoms with Crippen LogP contribution < -0.4 is 5.46 Å². The quantitative estimate of drug-likeness (QED) is 0.261. The molecule has 0 saturated carbocycles. The molecule has 1 fully saturated rings. The minimum absolute atomic E-state index is 0.373. The van der Waals surface area contributed by atoms with E-state index in [1.807, 2.05) is 0 Å². The second-order valence-electron chi connectivity index (χ2n) is 10.1. The normalized spacial score (nSPS) is 19.9. The molecule has 2 heterocycles. The molecule has 1 saturated heterocycles. The molecule has 0 radical (unpaired) electrons. The Kier molecular flexibility index (Phi) is 4.86. The van der Waals surface area contributed by atoms with Crippen molar-refractivity contribution in [2.24, 2.45) is 0 Å². The third-order valence-corrected chi connectivity index (χ3v) is 11.5. The average molecular weight is 464 g/mol. The van der Waals surface area contributed by atoms with E-state index in [0.29, 0.717) is 0 Å². The highest BCUT2D eigenvalue weighted by Gasteiger charge is 2.52. The largest absolute Gasteiger partial charge is 0.494 e. The third kappa shape index (κ3) is 2.99. The van der Waals surface area contributed by atoms with Crippen LogP contribution in [0.25, 0.3) is 11.1 Å². The predicted molar refractivity (Wildman–Crippen MR) is 141 cm³/mol. The van der Waals surface area contributed by atoms with Gasteiger partial charge in [-0.15, -0.1) is 10.0 Å². The summed E-state index contributed by atoms with van der Waals surface area (Å²) in [6.45, 7) is 8.44. The maximum Gasteiger partial charge on any atom is 0.494 e. The van der Waals surface area contributed by atoms with Crippen LogP contribution in [0.15, 0.2) is 123 Å². The van der Waals surface area contributed by atoms with Crippen LogP contribution in [0.2, 0.25) is 0 Å². The highest BCUT2D eigenvalue weighted by molar-refractivity contribution is 8.34. The van der Waals surface area contributed by atoms with Gasteiger partial charge in [-0.05, 0) is 80.7 Å². The molecule has 0 amide bonds. The fourth-order valence-corrected chi connectivity index (χ4v) is 9.38. The van der Waals surface area contributed by atoms with Gasteiger partial charge in [-0.1, -0.05) is 66.7 Å². The van der Waals surface area contributed by atoms with Crippen LogP contribution in [0.3, 0.4) is 0 Å². The number of benzene rings is 4. The highest BCUT2D eigenvalue weighted by atomic mass is 32.3. The molecule has 2 aliphatic heterocycles. The van der Waals surface area contributed by atoms with E-state index in [1.165, 1.54) is 30.7 Å². The molecule has 4 heteroatoms. The molecule has 0 aliphatic carbocycles. The van der Waals surface area contributed by atoms with Crippen LogP contribution in [-0.2, 0) is 9.31 Å². The van der Waals surface area contributed by atoms with Crippen LogP contribution in [0.1, 0.15) is 27.7 Å². The first-order valence-electron chi connectivity index (χ1n) is 11.9. The molecule has 0 N–H and O–H groups in total. The first-order valence-corrected chi connectivity index (χ1v) is 13.5. The fraction of sp³-hybridized carbons (Fsp3) is 0.200. The summed E-state index contributed by atoms with van der Waals surface area (Å²) in [7, 11) is -2.04. The summed E-state index contributed by atoms with van der Waals surface area (Å²) < 4.78 is 12.9. The Labute approximate surface area is 204 Å². The van der Waals surface area contributed by atoms with Crippen molar-refractivity contribution in [2.45, 2.75) is 58.5 Å². The van der Waals surface area contributed by atoms with Crippen LogP contribution in [0.4, 0.5) is 0 Å². The molecular formula is C30H29BO2S. The van der Waals surface area contributed by atoms with Crippen LogP contribution in [0.5, 0.6) is 0 Å². The van der Waals surface area contributed by atoms with Crippen molar-refractivity contribution < 1.29 is 9.31 Å². The Hall–Kier alpha value is -2.79. The Morgan fingerprint density at radius 3 is 1.65 bits per heavy atom. The van der Waals surface area contributed by atoms with Crippen molar-refractivity contribution in [1.29, 1.82) is 0 Å². The SMILES string of the molecule is CC1(C)OB(c2ccc3c(c2)S(c2ccccc2)(c2ccccc2)c2ccccc2-3)OC1(C)C. The van der Waals surface area contributed by atoms with Gasteiger partial charge in [0, 0.05) is 19.6 Å². The Bertz CT molecular complexity index is 1310. The Morgan fingerprint density at radius 2 is 1.06 bits per heavy atom. The first kappa shape index (κ1) is 21.7. The monoisotopic (exact) mass is 464 g/mol. The van der Waals surface area contributed by atoms with Gasteiger partial charge < -0.3 is 9.31 Å². The minimum atomic E-state index is -1.66. The van der Waals surface area contributed by atoms with Gasteiger partial charge >= 0.3 is 7.12 Å². The molecule has 34 heavy (non-hydrogen) atoms. The van der Waals surface area contributed by atoms with Crippen molar-refractivity contribution in [2.75, 3.05) is 0 Å². The number of hydrogen-bond donors (Lipinski definition) is 0. The van der Waals surface area contributed by atoms with Gasteiger partial charge in [-0.2, -0.15) is 0 Å². The van der Waals surface area contributed by atoms with Gasteiger partial charge in [0.1, 0.15) is 0 Å². The molecule has 0 atom stereocenters. The van der Waals surface area contributed by atoms with E-state index < -0.39 is 10.0 Å². The van der Waals surface area contributed by atoms with Gasteiger partial charge in [-0.3, -0.25) is 0 Å². The molecule has 4 aromatic rings. The van der Waals surface area contributed by atoms with E-state index in [4.69, 9.17) is 9.31 Å². The lowest BCUT2D eigenvalue weighted by atomic mass is 9.78. The van der Waals surface area contributed by atoms with Gasteiger partial charge in [0.25, 0.3) is 0 Å². The fourth-order valence-electron chi connectivity index (χ4n) is 5.11. The zero-order valence-electron chi connectivity index (χ0n) is 20.1. The molecule has 0 unspecified atom stereocenters. The predicted octanol–water partition coefficient (Wildman–Crippen LogP) is 7.31. The lowest BCUT2D eigenvalue weighted by Gasteiger charge is -2.39. The lowest BCUT2D eigenvalue weighted by molar-refractivity contribution is 0.00578. The standard InChI is InChI=1S/C30H29BO2S/c1-29(2)30(3,4)33-31(32-29)22-19-20-26-25-17-11-12-18-27(25)34(28(26)21-22,23-13-7-5-8-14-23)24-15-9-6-10-16-24/h5-21H,1-4H3. The lowest BCUT2D eigenvalue weighted by Crippen LogP contribution is -2.41. The molecule has 0 bridgehead atoms. The van der Waals surface area contributed by atoms with Gasteiger partial charge in [0.15, 0.2) is 0 Å². The summed E-state index contributed by atoms with van der Waals surface area (Å²) in [5.41, 5.74) is 2.96. The number of fused-ring (bicyclic) bond motifs is 3. The topological polar surface area (TPSA) is 18.5 Å². The van der Waals surface area contributed by atoms with Crippen molar-refractivity contribution in [1.82, 2.24) is 0 Å². The van der Waals surface area contributed by atoms with Crippen molar-refractivity contribution >= 4 is 22.6 Å². The van der Waals surface area contributed by atoms with E-state index in [2.05, 4.69) is 131 Å². The maximum atomic E-state index is 6.45. The number of hydrogen-bond acceptors (Lipinski definition) is 2. The Balaban J connectivity index is 1.64. The molecule has 4 aromatic carbocycles. The third-order valence-electron chi connectivity index (χ3n) is 7.56. The van der Waals surface area contributed by atoms with Crippen molar-refractivity contribution in [3.05, 3.63) is 103 Å². The highest BCUT2D eigenvalue weighted by Crippen LogP contribution is 2.79. The van der Waals surface area contributed by atoms with Gasteiger partial charge in [0.2, 0.25) is 0 Å². The molecular weight excluding hydrogens is 435 g/mol. The van der Waals surface area contributed by atoms with Gasteiger partial charge in [0.05, 0.1) is 11.2 Å². The molecule has 0 aromatic heterocycles. The maximum absolute atomic E-state index is 6.45. The summed E-state index contributed by atoms with van der Waals surface area (Å²) >= 11 is 0. The average Bonchev–Trinajstić information content (AvgIpc) is 3.27. The summed E-state index contributed by atoms with van der Waals surface area (Å²) in [5.74, 6) is 0. The molecule has 2 nitrogen and oxygen atoms in total. The zero-order chi connectivity index (χ0) is 23.6. The van der Waals surface area contributed by atoms with E-state index in [-0.39, 0.29) is 18.3 Å². The molecule has 6 rings (SSSR count). The molecule has 2 aliphatic rings. The molecule has 0 spiro atoms. The van der Waals surface area contributed by atoms with E-state index >= 15 is 0 Å². The first-order chi connectivity index (χ1) is 16.3. The number of rotatable bonds is 3. The van der Waals surface area contributed by atoms with Crippen molar-refractivity contribution in [3.63, 3.8) is 0 Å². The van der Waals surface area contributed by atoms with Crippen LogP contribution in [0, 0.1) is 0 Å². The zero-order valence-corrected chi connectivity index (χ0v) is 20.9. The smallest absolute Gasteiger partial charge is 0.399 e. The van der Waals surface area contributed by atoms with E-state index in [0.717, 1.165) is 5.46 Å². The van der Waals surface area contributed by atoms with Crippen LogP contribution in [-0.4, -0.2) is 18.3 Å². The van der Waals surface area contributed by atoms with Gasteiger partial charge in [-0.25, -0.2) is 0 Å². The molecule has 170 valence electrons. The minimum Gasteiger partial charge on any atom is -0.399 e. The Morgan fingerprint density at radius 1 is 0.559 bits per heavy atom. The summed E-state index contributed by atoms with van der Waals surface area (Å²) in [5, 5.41) is 0. The summed E-state index contributed by atoms with van der Waals surface area (Å²) in [4.78, 5) is 5.45. The summed E-state index contributed by atoms with van der Waals surface area (Å²) in [6.07, 6.45) is 0. The van der Waals surface area contributed by atoms with E-state index in [1.54, 1.807) is 0 Å². The van der Waals surface area contributed by atoms with Crippen LogP contribution >= 0.6 is 10.0 Å². The second-order valence-corrected chi connectivity index (χ2v) is 13.1. The van der Waals surface area contributed by atoms with E-state index in [9.17, 15) is 0 Å².